The fourth-order valence-corrected chi connectivity index (χ4v) is 4.30. The molecular weight excluding hydrogens is 486 g/mol. The van der Waals surface area contributed by atoms with Crippen LogP contribution in [0.3, 0.4) is 0 Å². The number of hydrogen-bond acceptors (Lipinski definition) is 4. The molecule has 0 saturated carbocycles. The second-order valence-corrected chi connectivity index (χ2v) is 8.74. The zero-order valence-electron chi connectivity index (χ0n) is 15.5. The van der Waals surface area contributed by atoms with E-state index >= 15 is 0 Å². The standard InChI is InChI=1S/C20H16Cl4N4OS/c1-2-7-28-18(10-25-19(29)14-5-4-13(21)9-16(14)23)26-27-20(28)30-11-12-3-6-15(22)17(24)8-12/h2-6,8-9H,1,7,10-11H2,(H,25,29). The Balaban J connectivity index is 1.69. The van der Waals surface area contributed by atoms with Gasteiger partial charge >= 0.3 is 0 Å². The summed E-state index contributed by atoms with van der Waals surface area (Å²) in [5, 5.41) is 13.7. The zero-order valence-corrected chi connectivity index (χ0v) is 19.4. The fourth-order valence-electron chi connectivity index (χ4n) is 2.57. The average Bonchev–Trinajstić information content (AvgIpc) is 3.09. The predicted molar refractivity (Wildman–Crippen MR) is 124 cm³/mol. The highest BCUT2D eigenvalue weighted by Gasteiger charge is 2.15. The minimum absolute atomic E-state index is 0.186. The second kappa shape index (κ2) is 10.6. The van der Waals surface area contributed by atoms with Crippen LogP contribution >= 0.6 is 58.2 Å². The Morgan fingerprint density at radius 2 is 1.87 bits per heavy atom. The van der Waals surface area contributed by atoms with E-state index in [4.69, 9.17) is 46.4 Å². The number of allylic oxidation sites excluding steroid dienone is 1. The summed E-state index contributed by atoms with van der Waals surface area (Å²) in [5.74, 6) is 0.915. The summed E-state index contributed by atoms with van der Waals surface area (Å²) in [6, 6.07) is 10.2. The summed E-state index contributed by atoms with van der Waals surface area (Å²) >= 11 is 25.5. The normalized spacial score (nSPS) is 10.8. The molecule has 0 fully saturated rings. The molecule has 30 heavy (non-hydrogen) atoms. The van der Waals surface area contributed by atoms with Crippen molar-refractivity contribution in [3.63, 3.8) is 0 Å². The van der Waals surface area contributed by atoms with E-state index in [2.05, 4.69) is 22.1 Å². The van der Waals surface area contributed by atoms with E-state index in [1.54, 1.807) is 24.3 Å². The number of aromatic nitrogens is 3. The molecule has 0 radical (unpaired) electrons. The second-order valence-electron chi connectivity index (χ2n) is 6.14. The quantitative estimate of drug-likeness (QED) is 0.290. The van der Waals surface area contributed by atoms with Crippen LogP contribution in [0.2, 0.25) is 20.1 Å². The Bertz CT molecular complexity index is 1090. The van der Waals surface area contributed by atoms with Gasteiger partial charge in [-0.1, -0.05) is 70.3 Å². The van der Waals surface area contributed by atoms with Gasteiger partial charge in [-0.15, -0.1) is 16.8 Å². The molecule has 1 aromatic heterocycles. The van der Waals surface area contributed by atoms with Gasteiger partial charge in [0.15, 0.2) is 11.0 Å². The van der Waals surface area contributed by atoms with Gasteiger partial charge in [0.1, 0.15) is 0 Å². The molecule has 3 aromatic rings. The lowest BCUT2D eigenvalue weighted by Gasteiger charge is -2.10. The molecule has 0 atom stereocenters. The van der Waals surface area contributed by atoms with Gasteiger partial charge in [0.2, 0.25) is 0 Å². The van der Waals surface area contributed by atoms with Gasteiger partial charge in [-0.3, -0.25) is 4.79 Å². The number of halogens is 4. The van der Waals surface area contributed by atoms with Crippen LogP contribution in [0.1, 0.15) is 21.7 Å². The van der Waals surface area contributed by atoms with Gasteiger partial charge in [0, 0.05) is 17.3 Å². The van der Waals surface area contributed by atoms with Crippen molar-refractivity contribution in [1.82, 2.24) is 20.1 Å². The van der Waals surface area contributed by atoms with E-state index in [9.17, 15) is 4.79 Å². The number of carbonyl (C=O) groups excluding carboxylic acids is 1. The fraction of sp³-hybridized carbons (Fsp3) is 0.150. The van der Waals surface area contributed by atoms with Gasteiger partial charge in [-0.05, 0) is 35.9 Å². The maximum Gasteiger partial charge on any atom is 0.253 e. The maximum absolute atomic E-state index is 12.5. The molecule has 0 saturated heterocycles. The number of amides is 1. The molecule has 0 aliphatic carbocycles. The van der Waals surface area contributed by atoms with Crippen LogP contribution in [0.15, 0.2) is 54.2 Å². The largest absolute Gasteiger partial charge is 0.345 e. The van der Waals surface area contributed by atoms with E-state index in [-0.39, 0.29) is 17.5 Å². The smallest absolute Gasteiger partial charge is 0.253 e. The van der Waals surface area contributed by atoms with Crippen molar-refractivity contribution in [2.24, 2.45) is 0 Å². The third-order valence-electron chi connectivity index (χ3n) is 4.04. The predicted octanol–water partition coefficient (Wildman–Crippen LogP) is 6.30. The summed E-state index contributed by atoms with van der Waals surface area (Å²) in [6.45, 7) is 4.48. The maximum atomic E-state index is 12.5. The topological polar surface area (TPSA) is 59.8 Å². The number of nitrogens with zero attached hydrogens (tertiary/aromatic N) is 3. The summed E-state index contributed by atoms with van der Waals surface area (Å²) in [6.07, 6.45) is 1.74. The van der Waals surface area contributed by atoms with Gasteiger partial charge < -0.3 is 9.88 Å². The van der Waals surface area contributed by atoms with Crippen molar-refractivity contribution in [2.75, 3.05) is 0 Å². The summed E-state index contributed by atoms with van der Waals surface area (Å²) in [7, 11) is 0. The van der Waals surface area contributed by atoms with E-state index in [0.717, 1.165) is 5.56 Å². The van der Waals surface area contributed by atoms with Crippen molar-refractivity contribution in [1.29, 1.82) is 0 Å². The molecule has 3 rings (SSSR count). The minimum atomic E-state index is -0.324. The minimum Gasteiger partial charge on any atom is -0.345 e. The van der Waals surface area contributed by atoms with Crippen molar-refractivity contribution < 1.29 is 4.79 Å². The molecule has 2 aromatic carbocycles. The number of thioether (sulfide) groups is 1. The van der Waals surface area contributed by atoms with Crippen LogP contribution in [0.5, 0.6) is 0 Å². The van der Waals surface area contributed by atoms with Crippen molar-refractivity contribution in [2.45, 2.75) is 24.0 Å². The number of rotatable bonds is 8. The van der Waals surface area contributed by atoms with Crippen LogP contribution in [0.25, 0.3) is 0 Å². The number of nitrogens with one attached hydrogen (secondary N) is 1. The van der Waals surface area contributed by atoms with E-state index in [0.29, 0.717) is 43.9 Å². The zero-order chi connectivity index (χ0) is 21.7. The van der Waals surface area contributed by atoms with Crippen LogP contribution in [-0.4, -0.2) is 20.7 Å². The van der Waals surface area contributed by atoms with E-state index < -0.39 is 0 Å². The van der Waals surface area contributed by atoms with Crippen LogP contribution in [0, 0.1) is 0 Å². The molecule has 0 aliphatic rings. The average molecular weight is 502 g/mol. The first-order chi connectivity index (χ1) is 14.4. The summed E-state index contributed by atoms with van der Waals surface area (Å²) < 4.78 is 1.89. The van der Waals surface area contributed by atoms with Crippen LogP contribution < -0.4 is 5.32 Å². The molecular formula is C20H16Cl4N4OS. The Labute approximate surface area is 198 Å². The third-order valence-corrected chi connectivity index (χ3v) is 6.36. The van der Waals surface area contributed by atoms with Crippen molar-refractivity contribution >= 4 is 64.1 Å². The summed E-state index contributed by atoms with van der Waals surface area (Å²) in [4.78, 5) is 12.5. The number of carbonyl (C=O) groups is 1. The van der Waals surface area contributed by atoms with Gasteiger partial charge in [0.05, 0.1) is 27.2 Å². The molecule has 1 amide bonds. The SMILES string of the molecule is C=CCn1c(CNC(=O)c2ccc(Cl)cc2Cl)nnc1SCc1ccc(Cl)c(Cl)c1. The molecule has 0 unspecified atom stereocenters. The van der Waals surface area contributed by atoms with Crippen LogP contribution in [0.4, 0.5) is 0 Å². The third kappa shape index (κ3) is 5.71. The lowest BCUT2D eigenvalue weighted by Crippen LogP contribution is -2.25. The van der Waals surface area contributed by atoms with E-state index in [1.165, 1.54) is 17.8 Å². The molecule has 0 spiro atoms. The first-order valence-corrected chi connectivity index (χ1v) is 11.2. The Morgan fingerprint density at radius 3 is 2.57 bits per heavy atom. The Morgan fingerprint density at radius 1 is 1.07 bits per heavy atom. The molecule has 1 heterocycles. The first kappa shape index (κ1) is 23.0. The van der Waals surface area contributed by atoms with Gasteiger partial charge in [0.25, 0.3) is 5.91 Å². The molecule has 0 bridgehead atoms. The Kier molecular flexibility index (Phi) is 8.08. The monoisotopic (exact) mass is 500 g/mol. The summed E-state index contributed by atoms with van der Waals surface area (Å²) in [5.41, 5.74) is 1.35. The molecule has 10 heteroatoms. The lowest BCUT2D eigenvalue weighted by atomic mass is 10.2. The highest BCUT2D eigenvalue weighted by atomic mass is 35.5. The number of benzene rings is 2. The molecule has 156 valence electrons. The Hall–Kier alpha value is -1.70. The lowest BCUT2D eigenvalue weighted by molar-refractivity contribution is 0.0949. The highest BCUT2D eigenvalue weighted by molar-refractivity contribution is 7.98. The molecule has 1 N–H and O–H groups in total. The highest BCUT2D eigenvalue weighted by Crippen LogP contribution is 2.27. The number of hydrogen-bond donors (Lipinski definition) is 1. The van der Waals surface area contributed by atoms with Crippen molar-refractivity contribution in [3.05, 3.63) is 86.1 Å². The first-order valence-electron chi connectivity index (χ1n) is 8.72. The molecule has 5 nitrogen and oxygen atoms in total. The van der Waals surface area contributed by atoms with Crippen LogP contribution in [-0.2, 0) is 18.8 Å². The van der Waals surface area contributed by atoms with E-state index in [1.807, 2.05) is 16.7 Å². The van der Waals surface area contributed by atoms with Gasteiger partial charge in [-0.2, -0.15) is 0 Å². The van der Waals surface area contributed by atoms with Crippen molar-refractivity contribution in [3.8, 4) is 0 Å². The molecule has 0 aliphatic heterocycles. The van der Waals surface area contributed by atoms with Gasteiger partial charge in [-0.25, -0.2) is 0 Å².